The molecular weight excluding hydrogens is 162 g/mol. The van der Waals surface area contributed by atoms with E-state index in [4.69, 9.17) is 5.73 Å². The van der Waals surface area contributed by atoms with Gasteiger partial charge in [0.05, 0.1) is 23.9 Å². The van der Waals surface area contributed by atoms with Crippen molar-refractivity contribution in [1.82, 2.24) is 9.97 Å². The number of nitrogens with two attached hydrogens (primary N) is 1. The highest BCUT2D eigenvalue weighted by Gasteiger charge is 2.06. The zero-order chi connectivity index (χ0) is 8.27. The maximum atomic E-state index is 11.1. The summed E-state index contributed by atoms with van der Waals surface area (Å²) in [5, 5.41) is 0. The number of H-pyrrole nitrogens is 1. The number of rotatable bonds is 3. The van der Waals surface area contributed by atoms with Gasteiger partial charge in [0.15, 0.2) is 5.78 Å². The van der Waals surface area contributed by atoms with Crippen LogP contribution in [0.4, 0.5) is 0 Å². The van der Waals surface area contributed by atoms with E-state index in [2.05, 4.69) is 22.2 Å². The van der Waals surface area contributed by atoms with Crippen LogP contribution in [0.15, 0.2) is 12.5 Å². The largest absolute Gasteiger partial charge is 0.393 e. The van der Waals surface area contributed by atoms with Crippen molar-refractivity contribution < 1.29 is 4.79 Å². The number of thiocarbonyl (C=S) groups is 1. The summed E-state index contributed by atoms with van der Waals surface area (Å²) in [6.07, 6.45) is 2.98. The first-order chi connectivity index (χ1) is 5.20. The van der Waals surface area contributed by atoms with E-state index in [1.165, 1.54) is 12.5 Å². The van der Waals surface area contributed by atoms with Crippen molar-refractivity contribution in [2.75, 3.05) is 0 Å². The lowest BCUT2D eigenvalue weighted by Gasteiger charge is -1.93. The highest BCUT2D eigenvalue weighted by atomic mass is 32.1. The van der Waals surface area contributed by atoms with E-state index in [1.54, 1.807) is 0 Å². The van der Waals surface area contributed by atoms with Crippen LogP contribution < -0.4 is 5.73 Å². The second kappa shape index (κ2) is 3.25. The summed E-state index contributed by atoms with van der Waals surface area (Å²) >= 11 is 4.57. The number of Topliss-reactive ketones (excluding diaryl/α,β-unsaturated/α-hetero) is 1. The Bertz CT molecular complexity index is 267. The Morgan fingerprint density at radius 2 is 2.55 bits per heavy atom. The zero-order valence-corrected chi connectivity index (χ0v) is 6.52. The van der Waals surface area contributed by atoms with Crippen LogP contribution in [-0.4, -0.2) is 20.7 Å². The van der Waals surface area contributed by atoms with Crippen LogP contribution >= 0.6 is 12.2 Å². The van der Waals surface area contributed by atoms with Crippen molar-refractivity contribution in [2.45, 2.75) is 6.42 Å². The molecule has 0 fully saturated rings. The normalized spacial score (nSPS) is 9.45. The van der Waals surface area contributed by atoms with Gasteiger partial charge in [-0.2, -0.15) is 0 Å². The summed E-state index contributed by atoms with van der Waals surface area (Å²) in [5.41, 5.74) is 5.62. The monoisotopic (exact) mass is 169 g/mol. The van der Waals surface area contributed by atoms with Gasteiger partial charge in [0.2, 0.25) is 0 Å². The molecule has 0 bridgehead atoms. The second-order valence-corrected chi connectivity index (χ2v) is 2.56. The Kier molecular flexibility index (Phi) is 2.32. The molecule has 0 atom stereocenters. The molecule has 0 aromatic carbocycles. The van der Waals surface area contributed by atoms with Crippen molar-refractivity contribution >= 4 is 23.0 Å². The van der Waals surface area contributed by atoms with Gasteiger partial charge in [-0.05, 0) is 0 Å². The maximum Gasteiger partial charge on any atom is 0.187 e. The van der Waals surface area contributed by atoms with Gasteiger partial charge in [-0.1, -0.05) is 12.2 Å². The number of carbonyl (C=O) groups excluding carboxylic acids is 1. The van der Waals surface area contributed by atoms with E-state index in [1.807, 2.05) is 0 Å². The molecule has 3 N–H and O–H groups in total. The topological polar surface area (TPSA) is 71.8 Å². The Hall–Kier alpha value is -1.23. The first-order valence-corrected chi connectivity index (χ1v) is 3.41. The first-order valence-electron chi connectivity index (χ1n) is 3.00. The maximum absolute atomic E-state index is 11.1. The van der Waals surface area contributed by atoms with Crippen LogP contribution in [0.1, 0.15) is 16.9 Å². The minimum absolute atomic E-state index is 0.0948. The van der Waals surface area contributed by atoms with Crippen molar-refractivity contribution in [2.24, 2.45) is 5.73 Å². The number of imidazole rings is 1. The fourth-order valence-corrected chi connectivity index (χ4v) is 0.793. The van der Waals surface area contributed by atoms with Gasteiger partial charge in [0, 0.05) is 0 Å². The Morgan fingerprint density at radius 1 is 1.82 bits per heavy atom. The number of aromatic amines is 1. The minimum atomic E-state index is -0.130. The summed E-state index contributed by atoms with van der Waals surface area (Å²) in [7, 11) is 0. The van der Waals surface area contributed by atoms with Crippen molar-refractivity contribution in [3.05, 3.63) is 18.2 Å². The van der Waals surface area contributed by atoms with Crippen LogP contribution in [-0.2, 0) is 0 Å². The Labute approximate surface area is 68.8 Å². The van der Waals surface area contributed by atoms with Crippen LogP contribution in [0.3, 0.4) is 0 Å². The smallest absolute Gasteiger partial charge is 0.187 e. The summed E-state index contributed by atoms with van der Waals surface area (Å²) in [6, 6.07) is 0. The third-order valence-electron chi connectivity index (χ3n) is 1.13. The highest BCUT2D eigenvalue weighted by Crippen LogP contribution is 1.96. The van der Waals surface area contributed by atoms with Crippen LogP contribution in [0.25, 0.3) is 0 Å². The lowest BCUT2D eigenvalue weighted by molar-refractivity contribution is 0.0996. The fourth-order valence-electron chi connectivity index (χ4n) is 0.662. The number of ketones is 1. The molecule has 1 heterocycles. The van der Waals surface area contributed by atoms with Gasteiger partial charge in [-0.25, -0.2) is 4.98 Å². The van der Waals surface area contributed by atoms with E-state index in [0.717, 1.165) is 0 Å². The third-order valence-corrected chi connectivity index (χ3v) is 1.28. The van der Waals surface area contributed by atoms with Crippen molar-refractivity contribution in [1.29, 1.82) is 0 Å². The molecule has 0 aliphatic carbocycles. The van der Waals surface area contributed by atoms with Crippen molar-refractivity contribution in [3.8, 4) is 0 Å². The SMILES string of the molecule is NC(=S)CC(=O)c1cnc[nH]1. The first kappa shape index (κ1) is 7.87. The van der Waals surface area contributed by atoms with Crippen LogP contribution in [0.5, 0.6) is 0 Å². The van der Waals surface area contributed by atoms with E-state index < -0.39 is 0 Å². The van der Waals surface area contributed by atoms with Gasteiger partial charge < -0.3 is 10.7 Å². The van der Waals surface area contributed by atoms with Gasteiger partial charge in [-0.3, -0.25) is 4.79 Å². The summed E-state index contributed by atoms with van der Waals surface area (Å²) in [4.78, 5) is 17.6. The molecule has 11 heavy (non-hydrogen) atoms. The molecule has 4 nitrogen and oxygen atoms in total. The lowest BCUT2D eigenvalue weighted by Crippen LogP contribution is -2.14. The second-order valence-electron chi connectivity index (χ2n) is 2.03. The Morgan fingerprint density at radius 3 is 3.00 bits per heavy atom. The number of carbonyl (C=O) groups is 1. The number of aromatic nitrogens is 2. The molecule has 1 aromatic rings. The van der Waals surface area contributed by atoms with E-state index in [9.17, 15) is 4.79 Å². The Balaban J connectivity index is 2.64. The molecule has 0 aliphatic heterocycles. The standard InChI is InChI=1S/C6H7N3OS/c7-6(11)1-5(10)4-2-8-3-9-4/h2-3H,1H2,(H2,7,11)(H,8,9). The zero-order valence-electron chi connectivity index (χ0n) is 5.70. The molecule has 0 spiro atoms. The molecule has 5 heteroatoms. The fraction of sp³-hybridized carbons (Fsp3) is 0.167. The predicted molar refractivity (Wildman–Crippen MR) is 44.3 cm³/mol. The molecule has 0 aliphatic rings. The number of hydrogen-bond acceptors (Lipinski definition) is 3. The van der Waals surface area contributed by atoms with Gasteiger partial charge in [-0.15, -0.1) is 0 Å². The van der Waals surface area contributed by atoms with Crippen molar-refractivity contribution in [3.63, 3.8) is 0 Å². The number of nitrogens with zero attached hydrogens (tertiary/aromatic N) is 1. The number of hydrogen-bond donors (Lipinski definition) is 2. The molecule has 0 saturated carbocycles. The average Bonchev–Trinajstić information content (AvgIpc) is 2.35. The lowest BCUT2D eigenvalue weighted by atomic mass is 10.2. The molecule has 1 rings (SSSR count). The van der Waals surface area contributed by atoms with Gasteiger partial charge in [0.1, 0.15) is 5.69 Å². The van der Waals surface area contributed by atoms with Gasteiger partial charge >= 0.3 is 0 Å². The van der Waals surface area contributed by atoms with E-state index >= 15 is 0 Å². The molecule has 0 radical (unpaired) electrons. The van der Waals surface area contributed by atoms with Crippen LogP contribution in [0.2, 0.25) is 0 Å². The van der Waals surface area contributed by atoms with E-state index in [0.29, 0.717) is 5.69 Å². The molecule has 58 valence electrons. The van der Waals surface area contributed by atoms with Crippen LogP contribution in [0, 0.1) is 0 Å². The molecule has 0 saturated heterocycles. The van der Waals surface area contributed by atoms with Gasteiger partial charge in [0.25, 0.3) is 0 Å². The minimum Gasteiger partial charge on any atom is -0.393 e. The molecule has 0 amide bonds. The summed E-state index contributed by atoms with van der Waals surface area (Å²) in [6.45, 7) is 0. The molecule has 1 aromatic heterocycles. The predicted octanol–water partition coefficient (Wildman–Crippen LogP) is 0.269. The molecule has 0 unspecified atom stereocenters. The summed E-state index contributed by atoms with van der Waals surface area (Å²) in [5.74, 6) is -0.130. The van der Waals surface area contributed by atoms with E-state index in [-0.39, 0.29) is 17.2 Å². The highest BCUT2D eigenvalue weighted by molar-refractivity contribution is 7.80. The molecular formula is C6H7N3OS. The quantitative estimate of drug-likeness (QED) is 0.503. The summed E-state index contributed by atoms with van der Waals surface area (Å²) < 4.78 is 0. The third kappa shape index (κ3) is 2.12. The average molecular weight is 169 g/mol. The number of nitrogens with one attached hydrogen (secondary N) is 1.